The topological polar surface area (TPSA) is 58.6 Å². The van der Waals surface area contributed by atoms with Gasteiger partial charge in [0.1, 0.15) is 0 Å². The molecule has 1 saturated carbocycles. The smallest absolute Gasteiger partial charge is 0.308 e. The highest BCUT2D eigenvalue weighted by Crippen LogP contribution is 2.27. The summed E-state index contributed by atoms with van der Waals surface area (Å²) in [5.41, 5.74) is 0. The molecule has 1 saturated heterocycles. The first-order chi connectivity index (χ1) is 8.69. The second-order valence-electron chi connectivity index (χ2n) is 5.32. The number of hydrogen-bond acceptors (Lipinski definition) is 4. The molecule has 0 unspecified atom stereocenters. The first-order valence-corrected chi connectivity index (χ1v) is 6.76. The SMILES string of the molecule is COC(=O)C1CCN(CC(=O)NCC2CC2)CC1. The number of nitrogens with zero attached hydrogens (tertiary/aromatic N) is 1. The average Bonchev–Trinajstić information content (AvgIpc) is 3.20. The Balaban J connectivity index is 1.62. The van der Waals surface area contributed by atoms with Crippen molar-refractivity contribution < 1.29 is 14.3 Å². The van der Waals surface area contributed by atoms with Crippen molar-refractivity contribution in [2.75, 3.05) is 33.3 Å². The molecule has 1 aliphatic carbocycles. The van der Waals surface area contributed by atoms with Gasteiger partial charge in [-0.15, -0.1) is 0 Å². The normalized spacial score (nSPS) is 21.6. The van der Waals surface area contributed by atoms with Crippen LogP contribution in [0, 0.1) is 11.8 Å². The largest absolute Gasteiger partial charge is 0.469 e. The number of rotatable bonds is 5. The van der Waals surface area contributed by atoms with E-state index in [0.717, 1.165) is 38.4 Å². The van der Waals surface area contributed by atoms with Crippen LogP contribution < -0.4 is 5.32 Å². The van der Waals surface area contributed by atoms with Gasteiger partial charge in [-0.1, -0.05) is 0 Å². The number of hydrogen-bond donors (Lipinski definition) is 1. The summed E-state index contributed by atoms with van der Waals surface area (Å²) in [6.45, 7) is 2.89. The molecule has 2 aliphatic rings. The van der Waals surface area contributed by atoms with Crippen molar-refractivity contribution in [3.05, 3.63) is 0 Å². The first-order valence-electron chi connectivity index (χ1n) is 6.76. The first kappa shape index (κ1) is 13.3. The van der Waals surface area contributed by atoms with Crippen molar-refractivity contribution >= 4 is 11.9 Å². The molecule has 2 rings (SSSR count). The van der Waals surface area contributed by atoms with Gasteiger partial charge in [0, 0.05) is 6.54 Å². The van der Waals surface area contributed by atoms with Crippen molar-refractivity contribution in [2.24, 2.45) is 11.8 Å². The zero-order chi connectivity index (χ0) is 13.0. The van der Waals surface area contributed by atoms with Gasteiger partial charge in [0.15, 0.2) is 0 Å². The van der Waals surface area contributed by atoms with Crippen LogP contribution in [0.2, 0.25) is 0 Å². The molecule has 102 valence electrons. The molecular formula is C13H22N2O3. The van der Waals surface area contributed by atoms with Gasteiger partial charge in [-0.05, 0) is 44.7 Å². The van der Waals surface area contributed by atoms with Gasteiger partial charge in [0.25, 0.3) is 0 Å². The Labute approximate surface area is 108 Å². The van der Waals surface area contributed by atoms with E-state index >= 15 is 0 Å². The second-order valence-corrected chi connectivity index (χ2v) is 5.32. The Morgan fingerprint density at radius 1 is 1.22 bits per heavy atom. The fraction of sp³-hybridized carbons (Fsp3) is 0.846. The monoisotopic (exact) mass is 254 g/mol. The Hall–Kier alpha value is -1.10. The average molecular weight is 254 g/mol. The van der Waals surface area contributed by atoms with Crippen LogP contribution in [0.25, 0.3) is 0 Å². The molecule has 1 amide bonds. The maximum absolute atomic E-state index is 11.7. The lowest BCUT2D eigenvalue weighted by atomic mass is 9.97. The van der Waals surface area contributed by atoms with Crippen LogP contribution in [-0.4, -0.2) is 50.1 Å². The number of likely N-dealkylation sites (tertiary alicyclic amines) is 1. The summed E-state index contributed by atoms with van der Waals surface area (Å²) in [7, 11) is 1.43. The number of esters is 1. The van der Waals surface area contributed by atoms with Gasteiger partial charge in [-0.3, -0.25) is 14.5 Å². The summed E-state index contributed by atoms with van der Waals surface area (Å²) >= 11 is 0. The lowest BCUT2D eigenvalue weighted by molar-refractivity contribution is -0.147. The van der Waals surface area contributed by atoms with Crippen molar-refractivity contribution in [3.63, 3.8) is 0 Å². The molecule has 0 aromatic carbocycles. The Morgan fingerprint density at radius 2 is 1.89 bits per heavy atom. The number of piperidine rings is 1. The summed E-state index contributed by atoms with van der Waals surface area (Å²) in [4.78, 5) is 25.1. The lowest BCUT2D eigenvalue weighted by Gasteiger charge is -2.29. The molecule has 0 atom stereocenters. The molecule has 1 heterocycles. The maximum Gasteiger partial charge on any atom is 0.308 e. The van der Waals surface area contributed by atoms with Crippen LogP contribution in [0.15, 0.2) is 0 Å². The Kier molecular flexibility index (Phi) is 4.58. The summed E-state index contributed by atoms with van der Waals surface area (Å²) < 4.78 is 4.74. The molecule has 1 N–H and O–H groups in total. The van der Waals surface area contributed by atoms with E-state index in [0.29, 0.717) is 6.54 Å². The number of carbonyl (C=O) groups excluding carboxylic acids is 2. The lowest BCUT2D eigenvalue weighted by Crippen LogP contribution is -2.43. The third-order valence-corrected chi connectivity index (χ3v) is 3.77. The molecule has 0 bridgehead atoms. The predicted molar refractivity (Wildman–Crippen MR) is 66.9 cm³/mol. The van der Waals surface area contributed by atoms with Crippen LogP contribution in [0.5, 0.6) is 0 Å². The van der Waals surface area contributed by atoms with Crippen LogP contribution in [0.1, 0.15) is 25.7 Å². The molecule has 18 heavy (non-hydrogen) atoms. The van der Waals surface area contributed by atoms with Gasteiger partial charge in [-0.25, -0.2) is 0 Å². The second kappa shape index (κ2) is 6.18. The van der Waals surface area contributed by atoms with E-state index < -0.39 is 0 Å². The van der Waals surface area contributed by atoms with E-state index in [1.807, 2.05) is 0 Å². The van der Waals surface area contributed by atoms with E-state index in [2.05, 4.69) is 10.2 Å². The van der Waals surface area contributed by atoms with E-state index in [-0.39, 0.29) is 17.8 Å². The quantitative estimate of drug-likeness (QED) is 0.721. The molecular weight excluding hydrogens is 232 g/mol. The van der Waals surface area contributed by atoms with Crippen molar-refractivity contribution in [1.29, 1.82) is 0 Å². The number of methoxy groups -OCH3 is 1. The highest BCUT2D eigenvalue weighted by Gasteiger charge is 2.27. The summed E-state index contributed by atoms with van der Waals surface area (Å²) in [6, 6.07) is 0. The molecule has 2 fully saturated rings. The summed E-state index contributed by atoms with van der Waals surface area (Å²) in [5, 5.41) is 2.96. The zero-order valence-corrected chi connectivity index (χ0v) is 11.0. The van der Waals surface area contributed by atoms with E-state index in [9.17, 15) is 9.59 Å². The van der Waals surface area contributed by atoms with Gasteiger partial charge in [0.2, 0.25) is 5.91 Å². The van der Waals surface area contributed by atoms with Gasteiger partial charge in [0.05, 0.1) is 19.6 Å². The predicted octanol–water partition coefficient (Wildman–Crippen LogP) is 0.398. The van der Waals surface area contributed by atoms with Crippen LogP contribution >= 0.6 is 0 Å². The van der Waals surface area contributed by atoms with Crippen molar-refractivity contribution in [1.82, 2.24) is 10.2 Å². The van der Waals surface area contributed by atoms with Crippen LogP contribution in [-0.2, 0) is 14.3 Å². The van der Waals surface area contributed by atoms with Gasteiger partial charge < -0.3 is 10.1 Å². The molecule has 0 aromatic heterocycles. The van der Waals surface area contributed by atoms with E-state index in [4.69, 9.17) is 4.74 Å². The Bertz CT molecular complexity index is 307. The molecule has 0 aromatic rings. The molecule has 5 heteroatoms. The van der Waals surface area contributed by atoms with Crippen LogP contribution in [0.3, 0.4) is 0 Å². The number of amides is 1. The van der Waals surface area contributed by atoms with Crippen LogP contribution in [0.4, 0.5) is 0 Å². The van der Waals surface area contributed by atoms with Crippen molar-refractivity contribution in [2.45, 2.75) is 25.7 Å². The molecule has 1 aliphatic heterocycles. The minimum absolute atomic E-state index is 0.0146. The summed E-state index contributed by atoms with van der Waals surface area (Å²) in [6.07, 6.45) is 4.10. The number of carbonyl (C=O) groups is 2. The standard InChI is InChI=1S/C13H22N2O3/c1-18-13(17)11-4-6-15(7-5-11)9-12(16)14-8-10-2-3-10/h10-11H,2-9H2,1H3,(H,14,16). The fourth-order valence-corrected chi connectivity index (χ4v) is 2.33. The van der Waals surface area contributed by atoms with E-state index in [1.165, 1.54) is 20.0 Å². The van der Waals surface area contributed by atoms with Gasteiger partial charge >= 0.3 is 5.97 Å². The Morgan fingerprint density at radius 3 is 2.44 bits per heavy atom. The minimum Gasteiger partial charge on any atom is -0.469 e. The molecule has 0 radical (unpaired) electrons. The highest BCUT2D eigenvalue weighted by molar-refractivity contribution is 5.78. The van der Waals surface area contributed by atoms with Crippen molar-refractivity contribution in [3.8, 4) is 0 Å². The molecule has 5 nitrogen and oxygen atoms in total. The molecule has 0 spiro atoms. The fourth-order valence-electron chi connectivity index (χ4n) is 2.33. The third-order valence-electron chi connectivity index (χ3n) is 3.77. The number of nitrogens with one attached hydrogen (secondary N) is 1. The van der Waals surface area contributed by atoms with E-state index in [1.54, 1.807) is 0 Å². The zero-order valence-electron chi connectivity index (χ0n) is 11.0. The highest BCUT2D eigenvalue weighted by atomic mass is 16.5. The third kappa shape index (κ3) is 3.98. The number of ether oxygens (including phenoxy) is 1. The summed E-state index contributed by atoms with van der Waals surface area (Å²) in [5.74, 6) is 0.728. The maximum atomic E-state index is 11.7. The van der Waals surface area contributed by atoms with Gasteiger partial charge in [-0.2, -0.15) is 0 Å². The minimum atomic E-state index is -0.118.